The Morgan fingerprint density at radius 2 is 2.25 bits per heavy atom. The molecule has 0 unspecified atom stereocenters. The van der Waals surface area contributed by atoms with E-state index in [1.807, 2.05) is 0 Å². The zero-order valence-electron chi connectivity index (χ0n) is 10.1. The number of esters is 1. The summed E-state index contributed by atoms with van der Waals surface area (Å²) in [5.74, 6) is 2.13. The molecule has 0 aromatic carbocycles. The Kier molecular flexibility index (Phi) is 3.17. The van der Waals surface area contributed by atoms with E-state index in [0.29, 0.717) is 17.8 Å². The molecule has 5 atom stereocenters. The first-order valence-electron chi connectivity index (χ1n) is 6.13. The molecule has 0 amide bonds. The first kappa shape index (κ1) is 11.4. The maximum atomic E-state index is 11.3. The van der Waals surface area contributed by atoms with Crippen molar-refractivity contribution in [3.63, 3.8) is 0 Å². The van der Waals surface area contributed by atoms with Gasteiger partial charge in [0.05, 0.1) is 0 Å². The third kappa shape index (κ3) is 1.93. The van der Waals surface area contributed by atoms with Crippen LogP contribution in [0.15, 0.2) is 24.8 Å². The summed E-state index contributed by atoms with van der Waals surface area (Å²) in [6.45, 7) is 7.91. The molecule has 2 aliphatic rings. The summed E-state index contributed by atoms with van der Waals surface area (Å²) in [7, 11) is 0. The molecule has 88 valence electrons. The molecule has 0 saturated heterocycles. The van der Waals surface area contributed by atoms with Crippen molar-refractivity contribution in [1.29, 1.82) is 0 Å². The average Bonchev–Trinajstić information content (AvgIpc) is 2.74. The zero-order chi connectivity index (χ0) is 11.7. The van der Waals surface area contributed by atoms with Gasteiger partial charge in [-0.2, -0.15) is 0 Å². The van der Waals surface area contributed by atoms with Crippen LogP contribution in [-0.2, 0) is 9.53 Å². The van der Waals surface area contributed by atoms with Gasteiger partial charge in [0.25, 0.3) is 0 Å². The van der Waals surface area contributed by atoms with Crippen molar-refractivity contribution in [2.45, 2.75) is 32.8 Å². The predicted molar refractivity (Wildman–Crippen MR) is 63.8 cm³/mol. The van der Waals surface area contributed by atoms with E-state index in [2.05, 4.69) is 32.6 Å². The average molecular weight is 220 g/mol. The fraction of sp³-hybridized carbons (Fsp3) is 0.643. The molecule has 16 heavy (non-hydrogen) atoms. The molecule has 2 rings (SSSR count). The number of carbonyl (C=O) groups is 1. The van der Waals surface area contributed by atoms with E-state index in [-0.39, 0.29) is 12.1 Å². The van der Waals surface area contributed by atoms with Crippen molar-refractivity contribution >= 4 is 5.97 Å². The van der Waals surface area contributed by atoms with Crippen LogP contribution in [0.2, 0.25) is 0 Å². The molecular weight excluding hydrogens is 200 g/mol. The van der Waals surface area contributed by atoms with Crippen LogP contribution >= 0.6 is 0 Å². The van der Waals surface area contributed by atoms with Gasteiger partial charge in [0, 0.05) is 6.08 Å². The molecule has 0 aromatic heterocycles. The lowest BCUT2D eigenvalue weighted by molar-refractivity contribution is -0.150. The number of carbonyl (C=O) groups excluding carboxylic acids is 1. The predicted octanol–water partition coefficient (Wildman–Crippen LogP) is 2.95. The van der Waals surface area contributed by atoms with E-state index in [1.54, 1.807) is 0 Å². The van der Waals surface area contributed by atoms with Gasteiger partial charge in [-0.15, -0.1) is 0 Å². The maximum absolute atomic E-state index is 11.3. The Morgan fingerprint density at radius 1 is 1.50 bits per heavy atom. The van der Waals surface area contributed by atoms with Crippen LogP contribution in [0.25, 0.3) is 0 Å². The SMILES string of the molecule is C=CC(=O)O[C@@H]1C[C@H](C)[C@@H]2CC=C[C@@H]2[C@@H]1C. The largest absolute Gasteiger partial charge is 0.459 e. The fourth-order valence-electron chi connectivity index (χ4n) is 3.23. The molecule has 1 saturated carbocycles. The molecule has 2 heteroatoms. The zero-order valence-corrected chi connectivity index (χ0v) is 10.1. The minimum atomic E-state index is -0.288. The van der Waals surface area contributed by atoms with Gasteiger partial charge < -0.3 is 4.74 Å². The van der Waals surface area contributed by atoms with Gasteiger partial charge in [-0.1, -0.05) is 32.6 Å². The number of hydrogen-bond donors (Lipinski definition) is 0. The van der Waals surface area contributed by atoms with E-state index in [1.165, 1.54) is 12.5 Å². The van der Waals surface area contributed by atoms with E-state index in [9.17, 15) is 4.79 Å². The monoisotopic (exact) mass is 220 g/mol. The number of hydrogen-bond acceptors (Lipinski definition) is 2. The standard InChI is InChI=1S/C14H20O2/c1-4-14(15)16-13-8-9(2)11-6-5-7-12(11)10(13)3/h4-5,7,9-13H,1,6,8H2,2-3H3/t9-,10-,11-,12+,13+/m0/s1. The lowest BCUT2D eigenvalue weighted by Crippen LogP contribution is -2.40. The Bertz CT molecular complexity index is 319. The fourth-order valence-corrected chi connectivity index (χ4v) is 3.23. The van der Waals surface area contributed by atoms with Crippen molar-refractivity contribution in [2.75, 3.05) is 0 Å². The molecule has 0 spiro atoms. The first-order chi connectivity index (χ1) is 7.63. The van der Waals surface area contributed by atoms with Gasteiger partial charge in [0.1, 0.15) is 6.10 Å². The van der Waals surface area contributed by atoms with Crippen LogP contribution in [0.3, 0.4) is 0 Å². The molecular formula is C14H20O2. The van der Waals surface area contributed by atoms with Crippen molar-refractivity contribution in [2.24, 2.45) is 23.7 Å². The lowest BCUT2D eigenvalue weighted by Gasteiger charge is -2.41. The maximum Gasteiger partial charge on any atom is 0.330 e. The normalized spacial score (nSPS) is 41.5. The van der Waals surface area contributed by atoms with Crippen molar-refractivity contribution < 1.29 is 9.53 Å². The highest BCUT2D eigenvalue weighted by Crippen LogP contribution is 2.45. The van der Waals surface area contributed by atoms with E-state index >= 15 is 0 Å². The second-order valence-electron chi connectivity index (χ2n) is 5.16. The Balaban J connectivity index is 2.07. The van der Waals surface area contributed by atoms with E-state index in [0.717, 1.165) is 12.3 Å². The highest BCUT2D eigenvalue weighted by atomic mass is 16.5. The minimum Gasteiger partial charge on any atom is -0.459 e. The molecule has 0 radical (unpaired) electrons. The molecule has 0 aromatic rings. The van der Waals surface area contributed by atoms with Gasteiger partial charge in [-0.25, -0.2) is 4.79 Å². The van der Waals surface area contributed by atoms with Crippen molar-refractivity contribution in [3.05, 3.63) is 24.8 Å². The van der Waals surface area contributed by atoms with E-state index < -0.39 is 0 Å². The van der Waals surface area contributed by atoms with Gasteiger partial charge in [-0.3, -0.25) is 0 Å². The van der Waals surface area contributed by atoms with Crippen LogP contribution in [0.1, 0.15) is 26.7 Å². The molecule has 1 fully saturated rings. The first-order valence-corrected chi connectivity index (χ1v) is 6.13. The topological polar surface area (TPSA) is 26.3 Å². The minimum absolute atomic E-state index is 0.0597. The van der Waals surface area contributed by atoms with Crippen molar-refractivity contribution in [1.82, 2.24) is 0 Å². The van der Waals surface area contributed by atoms with E-state index in [4.69, 9.17) is 4.74 Å². The molecule has 2 aliphatic carbocycles. The lowest BCUT2D eigenvalue weighted by atomic mass is 9.68. The molecule has 2 nitrogen and oxygen atoms in total. The van der Waals surface area contributed by atoms with Gasteiger partial charge in [0.2, 0.25) is 0 Å². The molecule has 0 heterocycles. The highest BCUT2D eigenvalue weighted by Gasteiger charge is 2.42. The summed E-state index contributed by atoms with van der Waals surface area (Å²) in [5.41, 5.74) is 0. The van der Waals surface area contributed by atoms with Crippen LogP contribution in [0.4, 0.5) is 0 Å². The second-order valence-corrected chi connectivity index (χ2v) is 5.16. The summed E-state index contributed by atoms with van der Waals surface area (Å²) < 4.78 is 5.44. The molecule has 0 bridgehead atoms. The smallest absolute Gasteiger partial charge is 0.330 e. The van der Waals surface area contributed by atoms with Crippen LogP contribution in [0.5, 0.6) is 0 Å². The van der Waals surface area contributed by atoms with Gasteiger partial charge >= 0.3 is 5.97 Å². The van der Waals surface area contributed by atoms with Gasteiger partial charge in [-0.05, 0) is 36.5 Å². The second kappa shape index (κ2) is 4.44. The summed E-state index contributed by atoms with van der Waals surface area (Å²) in [6, 6.07) is 0. The van der Waals surface area contributed by atoms with Crippen LogP contribution in [-0.4, -0.2) is 12.1 Å². The van der Waals surface area contributed by atoms with Crippen LogP contribution < -0.4 is 0 Å². The number of rotatable bonds is 2. The highest BCUT2D eigenvalue weighted by molar-refractivity contribution is 5.81. The summed E-state index contributed by atoms with van der Waals surface area (Å²) in [6.07, 6.45) is 8.08. The number of allylic oxidation sites excluding steroid dienone is 2. The number of ether oxygens (including phenoxy) is 1. The Labute approximate surface area is 97.4 Å². The van der Waals surface area contributed by atoms with Crippen molar-refractivity contribution in [3.8, 4) is 0 Å². The Morgan fingerprint density at radius 3 is 2.94 bits per heavy atom. The molecule has 0 aliphatic heterocycles. The van der Waals surface area contributed by atoms with Gasteiger partial charge in [0.15, 0.2) is 0 Å². The number of fused-ring (bicyclic) bond motifs is 1. The quantitative estimate of drug-likeness (QED) is 0.406. The summed E-state index contributed by atoms with van der Waals surface area (Å²) in [5, 5.41) is 0. The summed E-state index contributed by atoms with van der Waals surface area (Å²) >= 11 is 0. The third-order valence-electron chi connectivity index (χ3n) is 4.22. The molecule has 0 N–H and O–H groups in total. The third-order valence-corrected chi connectivity index (χ3v) is 4.22. The van der Waals surface area contributed by atoms with Crippen LogP contribution in [0, 0.1) is 23.7 Å². The summed E-state index contributed by atoms with van der Waals surface area (Å²) in [4.78, 5) is 11.3. The Hall–Kier alpha value is -1.05.